The van der Waals surface area contributed by atoms with Crippen LogP contribution in [0.1, 0.15) is 14.4 Å². The molecule has 0 spiro atoms. The zero-order valence-electron chi connectivity index (χ0n) is 17.3. The lowest BCUT2D eigenvalue weighted by molar-refractivity contribution is 0.252. The van der Waals surface area contributed by atoms with Crippen molar-refractivity contribution in [3.63, 3.8) is 0 Å². The standard InChI is InChI=1S/C21H21N7O3.CH4/c1-4-22-20(29)28-19-26-17-8-12(13-10-24-21(31-3)25-11-13)7-15(18(17)27-19)16-9-14(30-2)5-6-23-16;/h5-11H,4H2,1-3H3,(H3,22,26,27,28,29);1H4. The van der Waals surface area contributed by atoms with Gasteiger partial charge in [0.2, 0.25) is 5.95 Å². The quantitative estimate of drug-likeness (QED) is 0.419. The fourth-order valence-corrected chi connectivity index (χ4v) is 3.11. The van der Waals surface area contributed by atoms with E-state index >= 15 is 0 Å². The summed E-state index contributed by atoms with van der Waals surface area (Å²) >= 11 is 0. The number of ether oxygens (including phenoxy) is 2. The van der Waals surface area contributed by atoms with E-state index in [0.717, 1.165) is 22.2 Å². The Labute approximate surface area is 185 Å². The maximum Gasteiger partial charge on any atom is 0.321 e. The van der Waals surface area contributed by atoms with Crippen LogP contribution in [0.4, 0.5) is 10.7 Å². The Morgan fingerprint density at radius 1 is 1.06 bits per heavy atom. The van der Waals surface area contributed by atoms with Crippen molar-refractivity contribution in [1.82, 2.24) is 30.2 Å². The molecule has 0 saturated carbocycles. The Hall–Kier alpha value is -4.21. The highest BCUT2D eigenvalue weighted by Gasteiger charge is 2.15. The average molecular weight is 435 g/mol. The molecule has 0 aliphatic carbocycles. The maximum atomic E-state index is 11.9. The van der Waals surface area contributed by atoms with Gasteiger partial charge in [-0.15, -0.1) is 0 Å². The fraction of sp³-hybridized carbons (Fsp3) is 0.227. The molecule has 3 N–H and O–H groups in total. The molecule has 4 aromatic rings. The number of methoxy groups -OCH3 is 2. The molecule has 0 bridgehead atoms. The number of aromatic amines is 1. The Morgan fingerprint density at radius 2 is 1.84 bits per heavy atom. The summed E-state index contributed by atoms with van der Waals surface area (Å²) in [7, 11) is 3.12. The predicted octanol–water partition coefficient (Wildman–Crippen LogP) is 3.88. The minimum absolute atomic E-state index is 0. The van der Waals surface area contributed by atoms with Crippen LogP contribution in [0.5, 0.6) is 11.8 Å². The molecule has 2 amide bonds. The number of urea groups is 1. The third kappa shape index (κ3) is 4.59. The molecule has 0 aliphatic heterocycles. The van der Waals surface area contributed by atoms with Crippen LogP contribution in [0.3, 0.4) is 0 Å². The Balaban J connectivity index is 0.00000289. The number of H-pyrrole nitrogens is 1. The summed E-state index contributed by atoms with van der Waals surface area (Å²) in [6.45, 7) is 2.35. The minimum Gasteiger partial charge on any atom is -0.497 e. The molecular weight excluding hydrogens is 410 g/mol. The number of hydrogen-bond acceptors (Lipinski definition) is 7. The largest absolute Gasteiger partial charge is 0.497 e. The zero-order valence-corrected chi connectivity index (χ0v) is 17.3. The number of fused-ring (bicyclic) bond motifs is 1. The normalized spacial score (nSPS) is 10.3. The molecule has 3 aromatic heterocycles. The second-order valence-electron chi connectivity index (χ2n) is 6.53. The highest BCUT2D eigenvalue weighted by Crippen LogP contribution is 2.34. The second kappa shape index (κ2) is 9.73. The van der Waals surface area contributed by atoms with Crippen LogP contribution in [0, 0.1) is 0 Å². The molecule has 4 rings (SSSR count). The van der Waals surface area contributed by atoms with E-state index in [4.69, 9.17) is 9.47 Å². The summed E-state index contributed by atoms with van der Waals surface area (Å²) in [5, 5.41) is 5.39. The number of carbonyl (C=O) groups excluding carboxylic acids is 1. The summed E-state index contributed by atoms with van der Waals surface area (Å²) in [4.78, 5) is 32.5. The van der Waals surface area contributed by atoms with E-state index < -0.39 is 0 Å². The number of aromatic nitrogens is 5. The van der Waals surface area contributed by atoms with Crippen molar-refractivity contribution in [2.24, 2.45) is 0 Å². The van der Waals surface area contributed by atoms with Gasteiger partial charge in [0, 0.05) is 42.3 Å². The first-order chi connectivity index (χ1) is 15.1. The molecule has 10 nitrogen and oxygen atoms in total. The first-order valence-corrected chi connectivity index (χ1v) is 9.56. The number of nitrogens with one attached hydrogen (secondary N) is 3. The van der Waals surface area contributed by atoms with Gasteiger partial charge in [-0.3, -0.25) is 10.3 Å². The van der Waals surface area contributed by atoms with Crippen LogP contribution in [-0.4, -0.2) is 51.7 Å². The molecule has 0 aliphatic rings. The van der Waals surface area contributed by atoms with E-state index in [1.807, 2.05) is 25.1 Å². The number of hydrogen-bond donors (Lipinski definition) is 3. The highest BCUT2D eigenvalue weighted by molar-refractivity contribution is 5.98. The first kappa shape index (κ1) is 22.5. The van der Waals surface area contributed by atoms with Gasteiger partial charge in [0.15, 0.2) is 0 Å². The molecule has 0 radical (unpaired) electrons. The fourth-order valence-electron chi connectivity index (χ4n) is 3.11. The number of nitrogens with zero attached hydrogens (tertiary/aromatic N) is 4. The van der Waals surface area contributed by atoms with Gasteiger partial charge < -0.3 is 19.8 Å². The minimum atomic E-state index is -0.341. The molecule has 1 aromatic carbocycles. The number of anilines is 1. The van der Waals surface area contributed by atoms with Gasteiger partial charge in [-0.1, -0.05) is 7.43 Å². The highest BCUT2D eigenvalue weighted by atomic mass is 16.5. The van der Waals surface area contributed by atoms with E-state index in [9.17, 15) is 4.79 Å². The topological polar surface area (TPSA) is 127 Å². The van der Waals surface area contributed by atoms with Gasteiger partial charge in [0.25, 0.3) is 0 Å². The van der Waals surface area contributed by atoms with Crippen molar-refractivity contribution < 1.29 is 14.3 Å². The molecule has 166 valence electrons. The lowest BCUT2D eigenvalue weighted by Crippen LogP contribution is -2.28. The molecular formula is C22H25N7O3. The van der Waals surface area contributed by atoms with Crippen molar-refractivity contribution >= 4 is 23.0 Å². The third-order valence-corrected chi connectivity index (χ3v) is 4.54. The molecule has 32 heavy (non-hydrogen) atoms. The van der Waals surface area contributed by atoms with E-state index in [2.05, 4.69) is 35.6 Å². The first-order valence-electron chi connectivity index (χ1n) is 9.56. The van der Waals surface area contributed by atoms with Gasteiger partial charge in [-0.05, 0) is 30.7 Å². The van der Waals surface area contributed by atoms with Crippen LogP contribution in [0.2, 0.25) is 0 Å². The van der Waals surface area contributed by atoms with Gasteiger partial charge in [0.05, 0.1) is 30.9 Å². The molecule has 0 unspecified atom stereocenters. The number of pyridine rings is 1. The van der Waals surface area contributed by atoms with Crippen molar-refractivity contribution in [2.45, 2.75) is 14.4 Å². The predicted molar refractivity (Wildman–Crippen MR) is 123 cm³/mol. The number of carbonyl (C=O) groups is 1. The lowest BCUT2D eigenvalue weighted by atomic mass is 10.0. The number of imidazole rings is 1. The van der Waals surface area contributed by atoms with Crippen LogP contribution in [0.25, 0.3) is 33.4 Å². The smallest absolute Gasteiger partial charge is 0.321 e. The van der Waals surface area contributed by atoms with Crippen molar-refractivity contribution in [1.29, 1.82) is 0 Å². The summed E-state index contributed by atoms with van der Waals surface area (Å²) < 4.78 is 10.4. The van der Waals surface area contributed by atoms with Crippen LogP contribution >= 0.6 is 0 Å². The van der Waals surface area contributed by atoms with E-state index in [1.54, 1.807) is 31.8 Å². The number of rotatable bonds is 6. The molecule has 0 atom stereocenters. The molecule has 10 heteroatoms. The number of benzene rings is 1. The van der Waals surface area contributed by atoms with Crippen molar-refractivity contribution in [3.05, 3.63) is 42.9 Å². The zero-order chi connectivity index (χ0) is 21.8. The third-order valence-electron chi connectivity index (χ3n) is 4.54. The van der Waals surface area contributed by atoms with Gasteiger partial charge in [-0.2, -0.15) is 0 Å². The second-order valence-corrected chi connectivity index (χ2v) is 6.53. The van der Waals surface area contributed by atoms with Crippen LogP contribution in [-0.2, 0) is 0 Å². The van der Waals surface area contributed by atoms with Crippen LogP contribution in [0.15, 0.2) is 42.9 Å². The Kier molecular flexibility index (Phi) is 6.83. The maximum absolute atomic E-state index is 11.9. The molecule has 3 heterocycles. The van der Waals surface area contributed by atoms with Crippen molar-refractivity contribution in [2.75, 3.05) is 26.1 Å². The Morgan fingerprint density at radius 3 is 2.53 bits per heavy atom. The number of amides is 2. The summed E-state index contributed by atoms with van der Waals surface area (Å²) in [6.07, 6.45) is 5.03. The summed E-state index contributed by atoms with van der Waals surface area (Å²) in [5.74, 6) is 1.00. The van der Waals surface area contributed by atoms with E-state index in [1.165, 1.54) is 7.11 Å². The molecule has 0 fully saturated rings. The van der Waals surface area contributed by atoms with Gasteiger partial charge in [-0.25, -0.2) is 19.7 Å². The lowest BCUT2D eigenvalue weighted by Gasteiger charge is -2.08. The van der Waals surface area contributed by atoms with Crippen molar-refractivity contribution in [3.8, 4) is 34.1 Å². The Bertz CT molecular complexity index is 1220. The van der Waals surface area contributed by atoms with Gasteiger partial charge in [0.1, 0.15) is 5.75 Å². The van der Waals surface area contributed by atoms with Gasteiger partial charge >= 0.3 is 12.0 Å². The summed E-state index contributed by atoms with van der Waals surface area (Å²) in [5.41, 5.74) is 4.47. The van der Waals surface area contributed by atoms with Crippen LogP contribution < -0.4 is 20.1 Å². The monoisotopic (exact) mass is 435 g/mol. The average Bonchev–Trinajstić information content (AvgIpc) is 3.20. The van der Waals surface area contributed by atoms with E-state index in [0.29, 0.717) is 29.5 Å². The molecule has 0 saturated heterocycles. The van der Waals surface area contributed by atoms with E-state index in [-0.39, 0.29) is 19.5 Å². The summed E-state index contributed by atoms with van der Waals surface area (Å²) in [6, 6.07) is 7.41. The SMILES string of the molecule is C.CCNC(=O)Nc1nc2c(-c3cc(OC)ccn3)cc(-c3cnc(OC)nc3)cc2[nH]1.